The number of carbonyl (C=O) groups excluding carboxylic acids is 1. The van der Waals surface area contributed by atoms with Crippen LogP contribution in [0.3, 0.4) is 0 Å². The second-order valence-electron chi connectivity index (χ2n) is 4.35. The van der Waals surface area contributed by atoms with Crippen LogP contribution in [0.1, 0.15) is 28.1 Å². The van der Waals surface area contributed by atoms with Crippen molar-refractivity contribution >= 4 is 17.2 Å². The van der Waals surface area contributed by atoms with Gasteiger partial charge in [-0.15, -0.1) is 11.3 Å². The van der Waals surface area contributed by atoms with E-state index < -0.39 is 0 Å². The molecule has 1 fully saturated rings. The number of nitrogens with one attached hydrogen (secondary N) is 1. The summed E-state index contributed by atoms with van der Waals surface area (Å²) in [5.41, 5.74) is 1.09. The Hall–Kier alpha value is -0.870. The van der Waals surface area contributed by atoms with E-state index in [1.807, 2.05) is 30.3 Å². The maximum absolute atomic E-state index is 12.2. The second kappa shape index (κ2) is 4.97. The smallest absolute Gasteiger partial charge is 0.264 e. The fraction of sp³-hybridized carbons (Fsp3) is 0.583. The molecule has 0 aliphatic carbocycles. The summed E-state index contributed by atoms with van der Waals surface area (Å²) in [5.74, 6) is 0.168. The van der Waals surface area contributed by atoms with Crippen molar-refractivity contribution in [1.82, 2.24) is 10.2 Å². The van der Waals surface area contributed by atoms with Crippen molar-refractivity contribution in [2.24, 2.45) is 0 Å². The molecule has 1 saturated heterocycles. The Balaban J connectivity index is 2.06. The quantitative estimate of drug-likeness (QED) is 0.853. The van der Waals surface area contributed by atoms with E-state index in [-0.39, 0.29) is 5.91 Å². The summed E-state index contributed by atoms with van der Waals surface area (Å²) in [6.07, 6.45) is 2.27. The van der Waals surface area contributed by atoms with Crippen LogP contribution in [0, 0.1) is 6.92 Å². The van der Waals surface area contributed by atoms with Crippen LogP contribution in [-0.2, 0) is 0 Å². The maximum atomic E-state index is 12.2. The molecule has 0 saturated carbocycles. The Morgan fingerprint density at radius 1 is 1.62 bits per heavy atom. The lowest BCUT2D eigenvalue weighted by Gasteiger charge is -2.31. The monoisotopic (exact) mass is 238 g/mol. The summed E-state index contributed by atoms with van der Waals surface area (Å²) >= 11 is 1.54. The minimum Gasteiger partial charge on any atom is -0.337 e. The number of amides is 1. The fourth-order valence-corrected chi connectivity index (χ4v) is 2.99. The minimum absolute atomic E-state index is 0.168. The van der Waals surface area contributed by atoms with E-state index in [1.54, 1.807) is 0 Å². The van der Waals surface area contributed by atoms with Gasteiger partial charge in [-0.1, -0.05) is 0 Å². The summed E-state index contributed by atoms with van der Waals surface area (Å²) in [6.45, 7) is 4.00. The molecule has 1 amide bonds. The number of carbonyl (C=O) groups is 1. The predicted molar refractivity (Wildman–Crippen MR) is 67.0 cm³/mol. The van der Waals surface area contributed by atoms with Crippen molar-refractivity contribution in [3.8, 4) is 0 Å². The molecule has 4 heteroatoms. The molecule has 0 spiro atoms. The third kappa shape index (κ3) is 2.28. The van der Waals surface area contributed by atoms with Gasteiger partial charge in [0, 0.05) is 19.6 Å². The van der Waals surface area contributed by atoms with Gasteiger partial charge in [-0.25, -0.2) is 0 Å². The van der Waals surface area contributed by atoms with Crippen LogP contribution >= 0.6 is 11.3 Å². The highest BCUT2D eigenvalue weighted by molar-refractivity contribution is 7.12. The van der Waals surface area contributed by atoms with E-state index in [4.69, 9.17) is 0 Å². The molecule has 0 bridgehead atoms. The van der Waals surface area contributed by atoms with Gasteiger partial charge in [-0.2, -0.15) is 0 Å². The van der Waals surface area contributed by atoms with Gasteiger partial charge in [-0.05, 0) is 43.3 Å². The number of likely N-dealkylation sites (N-methyl/N-ethyl adjacent to an activating group) is 1. The van der Waals surface area contributed by atoms with Gasteiger partial charge in [0.05, 0.1) is 4.88 Å². The van der Waals surface area contributed by atoms with Crippen molar-refractivity contribution in [2.75, 3.05) is 20.1 Å². The number of aryl methyl sites for hydroxylation is 1. The number of rotatable bonds is 2. The Morgan fingerprint density at radius 3 is 3.00 bits per heavy atom. The molecule has 1 N–H and O–H groups in total. The molecular weight excluding hydrogens is 220 g/mol. The van der Waals surface area contributed by atoms with E-state index in [2.05, 4.69) is 5.32 Å². The molecule has 0 radical (unpaired) electrons. The summed E-state index contributed by atoms with van der Waals surface area (Å²) in [5, 5.41) is 5.32. The lowest BCUT2D eigenvalue weighted by molar-refractivity contribution is 0.0712. The Labute approximate surface area is 100 Å². The van der Waals surface area contributed by atoms with Gasteiger partial charge in [0.1, 0.15) is 0 Å². The summed E-state index contributed by atoms with van der Waals surface area (Å²) in [6, 6.07) is 2.35. The molecular formula is C12H18N2OS. The van der Waals surface area contributed by atoms with Gasteiger partial charge in [0.2, 0.25) is 0 Å². The van der Waals surface area contributed by atoms with Crippen LogP contribution in [0.2, 0.25) is 0 Å². The van der Waals surface area contributed by atoms with E-state index in [1.165, 1.54) is 11.3 Å². The molecule has 1 aromatic rings. The predicted octanol–water partition coefficient (Wildman–Crippen LogP) is 1.88. The molecule has 16 heavy (non-hydrogen) atoms. The molecule has 88 valence electrons. The van der Waals surface area contributed by atoms with Crippen molar-refractivity contribution < 1.29 is 4.79 Å². The van der Waals surface area contributed by atoms with Crippen LogP contribution in [0.4, 0.5) is 0 Å². The maximum Gasteiger partial charge on any atom is 0.264 e. The van der Waals surface area contributed by atoms with Crippen molar-refractivity contribution in [2.45, 2.75) is 25.8 Å². The SMILES string of the molecule is Cc1ccsc1C(=O)N(C)C1CCCNC1. The molecule has 2 heterocycles. The summed E-state index contributed by atoms with van der Waals surface area (Å²) < 4.78 is 0. The van der Waals surface area contributed by atoms with Crippen molar-refractivity contribution in [3.63, 3.8) is 0 Å². The minimum atomic E-state index is 0.168. The molecule has 1 aliphatic heterocycles. The van der Waals surface area contributed by atoms with Crippen molar-refractivity contribution in [3.05, 3.63) is 21.9 Å². The molecule has 2 rings (SSSR count). The van der Waals surface area contributed by atoms with Gasteiger partial charge in [-0.3, -0.25) is 4.79 Å². The molecule has 0 aromatic carbocycles. The first-order valence-electron chi connectivity index (χ1n) is 5.72. The van der Waals surface area contributed by atoms with Gasteiger partial charge in [0.25, 0.3) is 5.91 Å². The van der Waals surface area contributed by atoms with Crippen LogP contribution in [-0.4, -0.2) is 37.0 Å². The summed E-state index contributed by atoms with van der Waals surface area (Å²) in [7, 11) is 1.92. The van der Waals surface area contributed by atoms with E-state index in [0.717, 1.165) is 36.4 Å². The Bertz CT molecular complexity index is 369. The van der Waals surface area contributed by atoms with Crippen LogP contribution in [0.5, 0.6) is 0 Å². The van der Waals surface area contributed by atoms with E-state index in [0.29, 0.717) is 6.04 Å². The average Bonchev–Trinajstić information content (AvgIpc) is 2.75. The number of hydrogen-bond donors (Lipinski definition) is 1. The van der Waals surface area contributed by atoms with Crippen LogP contribution in [0.25, 0.3) is 0 Å². The van der Waals surface area contributed by atoms with Gasteiger partial charge < -0.3 is 10.2 Å². The first-order valence-corrected chi connectivity index (χ1v) is 6.60. The Kier molecular flexibility index (Phi) is 3.61. The third-order valence-electron chi connectivity index (χ3n) is 3.20. The molecule has 1 unspecified atom stereocenters. The zero-order chi connectivity index (χ0) is 11.5. The van der Waals surface area contributed by atoms with Gasteiger partial charge >= 0.3 is 0 Å². The van der Waals surface area contributed by atoms with Crippen LogP contribution in [0.15, 0.2) is 11.4 Å². The van der Waals surface area contributed by atoms with E-state index >= 15 is 0 Å². The number of hydrogen-bond acceptors (Lipinski definition) is 3. The van der Waals surface area contributed by atoms with Gasteiger partial charge in [0.15, 0.2) is 0 Å². The topological polar surface area (TPSA) is 32.3 Å². The first-order chi connectivity index (χ1) is 7.70. The highest BCUT2D eigenvalue weighted by Crippen LogP contribution is 2.19. The molecule has 1 aromatic heterocycles. The largest absolute Gasteiger partial charge is 0.337 e. The summed E-state index contributed by atoms with van der Waals surface area (Å²) in [4.78, 5) is 15.0. The highest BCUT2D eigenvalue weighted by Gasteiger charge is 2.24. The molecule has 1 aliphatic rings. The number of nitrogens with zero attached hydrogens (tertiary/aromatic N) is 1. The normalized spacial score (nSPS) is 20.8. The second-order valence-corrected chi connectivity index (χ2v) is 5.27. The van der Waals surface area contributed by atoms with Crippen LogP contribution < -0.4 is 5.32 Å². The van der Waals surface area contributed by atoms with E-state index in [9.17, 15) is 4.79 Å². The first kappa shape index (κ1) is 11.6. The highest BCUT2D eigenvalue weighted by atomic mass is 32.1. The lowest BCUT2D eigenvalue weighted by atomic mass is 10.1. The average molecular weight is 238 g/mol. The number of piperidine rings is 1. The fourth-order valence-electron chi connectivity index (χ4n) is 2.08. The standard InChI is InChI=1S/C12H18N2OS/c1-9-5-7-16-11(9)12(15)14(2)10-4-3-6-13-8-10/h5,7,10,13H,3-4,6,8H2,1-2H3. The molecule has 1 atom stereocenters. The third-order valence-corrected chi connectivity index (χ3v) is 4.20. The number of thiophene rings is 1. The van der Waals surface area contributed by atoms with Crippen molar-refractivity contribution in [1.29, 1.82) is 0 Å². The molecule has 3 nitrogen and oxygen atoms in total. The lowest BCUT2D eigenvalue weighted by Crippen LogP contribution is -2.46. The zero-order valence-electron chi connectivity index (χ0n) is 9.82. The Morgan fingerprint density at radius 2 is 2.44 bits per heavy atom. The zero-order valence-corrected chi connectivity index (χ0v) is 10.6.